The molecule has 0 aromatic heterocycles. The standard InChI is InChI=1S/C21H29NO13/c1-31-10-4-8(2-3-9(10)24)11(5-22)33-21-19(30)17(28)15(26)13(35-21)7-32-20-18(29)16(27)14(25)12(6-23)34-20/h2-4,11-21,23-30H,6-7H2,1H3/t11-,12+,13+,14+,15+,16-,17-,18+,19+,20-,21+/m0/s1. The van der Waals surface area contributed by atoms with E-state index in [-0.39, 0.29) is 17.1 Å². The number of phenolic OH excluding ortho intramolecular Hbond substituents is 1. The maximum absolute atomic E-state index is 10.3. The van der Waals surface area contributed by atoms with E-state index in [0.29, 0.717) is 0 Å². The predicted molar refractivity (Wildman–Crippen MR) is 110 cm³/mol. The van der Waals surface area contributed by atoms with E-state index < -0.39 is 80.7 Å². The molecule has 0 saturated carbocycles. The molecular weight excluding hydrogens is 474 g/mol. The van der Waals surface area contributed by atoms with Gasteiger partial charge in [-0.15, -0.1) is 0 Å². The molecule has 2 saturated heterocycles. The Kier molecular flexibility index (Phi) is 9.21. The van der Waals surface area contributed by atoms with Crippen molar-refractivity contribution in [1.29, 1.82) is 5.26 Å². The lowest BCUT2D eigenvalue weighted by Gasteiger charge is -2.43. The number of phenols is 1. The van der Waals surface area contributed by atoms with E-state index in [0.717, 1.165) is 0 Å². The molecule has 1 aromatic carbocycles. The SMILES string of the molecule is COc1cc([C@H](C#N)O[C@@H]2O[C@H](CO[C@H]3O[C@H](CO)[C@@H](O)[C@H](O)[C@H]3O)[C@@H](O)[C@H](O)[C@H]2O)ccc1O. The van der Waals surface area contributed by atoms with Crippen LogP contribution in [0.25, 0.3) is 0 Å². The highest BCUT2D eigenvalue weighted by atomic mass is 16.7. The van der Waals surface area contributed by atoms with Crippen molar-refractivity contribution in [2.45, 2.75) is 67.5 Å². The predicted octanol–water partition coefficient (Wildman–Crippen LogP) is -3.39. The van der Waals surface area contributed by atoms with Crippen LogP contribution in [0.15, 0.2) is 18.2 Å². The Morgan fingerprint density at radius 1 is 0.914 bits per heavy atom. The van der Waals surface area contributed by atoms with Crippen LogP contribution in [0, 0.1) is 11.3 Å². The first kappa shape index (κ1) is 27.5. The fourth-order valence-corrected chi connectivity index (χ4v) is 3.74. The monoisotopic (exact) mass is 503 g/mol. The van der Waals surface area contributed by atoms with Crippen molar-refractivity contribution in [3.8, 4) is 17.6 Å². The van der Waals surface area contributed by atoms with Crippen LogP contribution in [0.4, 0.5) is 0 Å². The molecule has 0 radical (unpaired) electrons. The van der Waals surface area contributed by atoms with Gasteiger partial charge in [-0.25, -0.2) is 0 Å². The molecule has 14 heteroatoms. The Balaban J connectivity index is 1.69. The second-order valence-electron chi connectivity index (χ2n) is 8.12. The van der Waals surface area contributed by atoms with E-state index in [1.54, 1.807) is 0 Å². The Bertz CT molecular complexity index is 879. The van der Waals surface area contributed by atoms with Gasteiger partial charge in [-0.05, 0) is 17.7 Å². The summed E-state index contributed by atoms with van der Waals surface area (Å²) in [6.45, 7) is -1.22. The summed E-state index contributed by atoms with van der Waals surface area (Å²) in [5.74, 6) is -0.108. The highest BCUT2D eigenvalue weighted by molar-refractivity contribution is 5.43. The molecule has 0 unspecified atom stereocenters. The number of aliphatic hydroxyl groups excluding tert-OH is 7. The van der Waals surface area contributed by atoms with Crippen molar-refractivity contribution in [2.75, 3.05) is 20.3 Å². The Labute approximate surface area is 199 Å². The zero-order chi connectivity index (χ0) is 25.9. The minimum Gasteiger partial charge on any atom is -0.504 e. The number of aromatic hydroxyl groups is 1. The van der Waals surface area contributed by atoms with Crippen molar-refractivity contribution < 1.29 is 64.5 Å². The van der Waals surface area contributed by atoms with Crippen LogP contribution in [-0.4, -0.2) is 123 Å². The van der Waals surface area contributed by atoms with Crippen LogP contribution in [0.3, 0.4) is 0 Å². The van der Waals surface area contributed by atoms with Crippen molar-refractivity contribution >= 4 is 0 Å². The molecule has 0 bridgehead atoms. The Morgan fingerprint density at radius 2 is 1.51 bits per heavy atom. The van der Waals surface area contributed by atoms with Gasteiger partial charge in [0, 0.05) is 0 Å². The quantitative estimate of drug-likeness (QED) is 0.173. The molecule has 0 amide bonds. The summed E-state index contributed by atoms with van der Waals surface area (Å²) in [5.41, 5.74) is 0.243. The number of aliphatic hydroxyl groups is 7. The molecule has 3 rings (SSSR count). The van der Waals surface area contributed by atoms with Crippen molar-refractivity contribution in [3.05, 3.63) is 23.8 Å². The lowest BCUT2D eigenvalue weighted by atomic mass is 9.98. The number of ether oxygens (including phenoxy) is 5. The van der Waals surface area contributed by atoms with Gasteiger partial charge in [-0.3, -0.25) is 0 Å². The second kappa shape index (κ2) is 11.7. The van der Waals surface area contributed by atoms with Gasteiger partial charge in [-0.2, -0.15) is 5.26 Å². The summed E-state index contributed by atoms with van der Waals surface area (Å²) >= 11 is 0. The number of nitriles is 1. The van der Waals surface area contributed by atoms with Gasteiger partial charge >= 0.3 is 0 Å². The molecule has 1 aromatic rings. The lowest BCUT2D eigenvalue weighted by Crippen LogP contribution is -2.61. The Morgan fingerprint density at radius 3 is 2.11 bits per heavy atom. The van der Waals surface area contributed by atoms with Gasteiger partial charge in [0.2, 0.25) is 0 Å². The first-order chi connectivity index (χ1) is 16.6. The zero-order valence-electron chi connectivity index (χ0n) is 18.6. The van der Waals surface area contributed by atoms with Crippen molar-refractivity contribution in [2.24, 2.45) is 0 Å². The first-order valence-corrected chi connectivity index (χ1v) is 10.7. The molecule has 2 heterocycles. The van der Waals surface area contributed by atoms with E-state index in [4.69, 9.17) is 23.7 Å². The molecule has 196 valence electrons. The van der Waals surface area contributed by atoms with E-state index >= 15 is 0 Å². The molecule has 35 heavy (non-hydrogen) atoms. The van der Waals surface area contributed by atoms with Gasteiger partial charge in [0.15, 0.2) is 30.2 Å². The van der Waals surface area contributed by atoms with Gasteiger partial charge in [0.25, 0.3) is 0 Å². The summed E-state index contributed by atoms with van der Waals surface area (Å²) in [6.07, 6.45) is -17.2. The van der Waals surface area contributed by atoms with Crippen LogP contribution < -0.4 is 4.74 Å². The highest BCUT2D eigenvalue weighted by Crippen LogP contribution is 2.33. The molecular formula is C21H29NO13. The van der Waals surface area contributed by atoms with E-state index in [2.05, 4.69) is 0 Å². The normalized spacial score (nSPS) is 38.5. The zero-order valence-corrected chi connectivity index (χ0v) is 18.6. The van der Waals surface area contributed by atoms with E-state index in [1.165, 1.54) is 25.3 Å². The molecule has 2 fully saturated rings. The van der Waals surface area contributed by atoms with Crippen LogP contribution in [0.5, 0.6) is 11.5 Å². The molecule has 2 aliphatic rings. The third-order valence-electron chi connectivity index (χ3n) is 5.84. The number of benzene rings is 1. The van der Waals surface area contributed by atoms with Gasteiger partial charge in [0.05, 0.1) is 26.4 Å². The molecule has 8 N–H and O–H groups in total. The van der Waals surface area contributed by atoms with Gasteiger partial charge in [-0.1, -0.05) is 6.07 Å². The number of hydrogen-bond donors (Lipinski definition) is 8. The summed E-state index contributed by atoms with van der Waals surface area (Å²) < 4.78 is 26.6. The van der Waals surface area contributed by atoms with Gasteiger partial charge in [0.1, 0.15) is 48.8 Å². The third kappa shape index (κ3) is 5.82. The van der Waals surface area contributed by atoms with Crippen LogP contribution >= 0.6 is 0 Å². The first-order valence-electron chi connectivity index (χ1n) is 10.7. The van der Waals surface area contributed by atoms with E-state index in [1.807, 2.05) is 6.07 Å². The van der Waals surface area contributed by atoms with Crippen LogP contribution in [0.1, 0.15) is 11.7 Å². The fourth-order valence-electron chi connectivity index (χ4n) is 3.74. The average molecular weight is 503 g/mol. The summed E-state index contributed by atoms with van der Waals surface area (Å²) in [4.78, 5) is 0. The minimum atomic E-state index is -1.77. The fraction of sp³-hybridized carbons (Fsp3) is 0.667. The molecule has 0 spiro atoms. The second-order valence-corrected chi connectivity index (χ2v) is 8.12. The number of nitrogens with zero attached hydrogens (tertiary/aromatic N) is 1. The summed E-state index contributed by atoms with van der Waals surface area (Å²) in [7, 11) is 1.31. The summed E-state index contributed by atoms with van der Waals surface area (Å²) in [5, 5.41) is 89.2. The highest BCUT2D eigenvalue weighted by Gasteiger charge is 2.48. The largest absolute Gasteiger partial charge is 0.504 e. The molecule has 0 aliphatic carbocycles. The van der Waals surface area contributed by atoms with Crippen LogP contribution in [-0.2, 0) is 18.9 Å². The van der Waals surface area contributed by atoms with Crippen molar-refractivity contribution in [1.82, 2.24) is 0 Å². The van der Waals surface area contributed by atoms with E-state index in [9.17, 15) is 46.1 Å². The Hall–Kier alpha value is -2.13. The van der Waals surface area contributed by atoms with Crippen molar-refractivity contribution in [3.63, 3.8) is 0 Å². The third-order valence-corrected chi connectivity index (χ3v) is 5.84. The van der Waals surface area contributed by atoms with Crippen LogP contribution in [0.2, 0.25) is 0 Å². The average Bonchev–Trinajstić information content (AvgIpc) is 2.86. The smallest absolute Gasteiger partial charge is 0.188 e. The maximum atomic E-state index is 10.3. The number of hydrogen-bond acceptors (Lipinski definition) is 14. The number of rotatable bonds is 8. The lowest BCUT2D eigenvalue weighted by molar-refractivity contribution is -0.334. The topological polar surface area (TPSA) is 232 Å². The molecule has 11 atom stereocenters. The number of methoxy groups -OCH3 is 1. The maximum Gasteiger partial charge on any atom is 0.188 e. The van der Waals surface area contributed by atoms with Gasteiger partial charge < -0.3 is 64.5 Å². The molecule has 14 nitrogen and oxygen atoms in total. The minimum absolute atomic E-state index is 0.0673. The summed E-state index contributed by atoms with van der Waals surface area (Å²) in [6, 6.07) is 5.84. The molecule has 2 aliphatic heterocycles.